The Labute approximate surface area is 207 Å². The van der Waals surface area contributed by atoms with Crippen LogP contribution in [0.15, 0.2) is 24.3 Å². The monoisotopic (exact) mass is 495 g/mol. The minimum atomic E-state index is -4.37. The highest BCUT2D eigenvalue weighted by atomic mass is 19.4. The maximum atomic E-state index is 13.2. The van der Waals surface area contributed by atoms with Crippen molar-refractivity contribution >= 4 is 5.97 Å². The Morgan fingerprint density at radius 3 is 2.03 bits per heavy atom. The van der Waals surface area contributed by atoms with Crippen LogP contribution in [0, 0.1) is 11.8 Å². The Balaban J connectivity index is 1.57. The van der Waals surface area contributed by atoms with Gasteiger partial charge in [0, 0.05) is 19.1 Å². The van der Waals surface area contributed by atoms with Crippen molar-refractivity contribution in [2.24, 2.45) is 11.8 Å². The highest BCUT2D eigenvalue weighted by molar-refractivity contribution is 5.69. The van der Waals surface area contributed by atoms with Crippen molar-refractivity contribution in [1.29, 1.82) is 0 Å². The van der Waals surface area contributed by atoms with Gasteiger partial charge in [0.15, 0.2) is 0 Å². The summed E-state index contributed by atoms with van der Waals surface area (Å²) in [4.78, 5) is 14.8. The molecule has 0 N–H and O–H groups in total. The zero-order chi connectivity index (χ0) is 24.8. The Hall–Kier alpha value is -1.60. The average Bonchev–Trinajstić information content (AvgIpc) is 3.53. The number of hydrogen-bond acceptors (Lipinski definition) is 4. The summed E-state index contributed by atoms with van der Waals surface area (Å²) in [5.41, 5.74) is 0.116. The van der Waals surface area contributed by atoms with Gasteiger partial charge in [-0.25, -0.2) is 0 Å². The fraction of sp³-hybridized carbons (Fsp3) is 0.750. The van der Waals surface area contributed by atoms with Gasteiger partial charge in [-0.1, -0.05) is 37.8 Å². The van der Waals surface area contributed by atoms with Gasteiger partial charge >= 0.3 is 12.1 Å². The van der Waals surface area contributed by atoms with Crippen LogP contribution in [0.1, 0.15) is 94.8 Å². The van der Waals surface area contributed by atoms with Crippen molar-refractivity contribution in [1.82, 2.24) is 4.90 Å². The van der Waals surface area contributed by atoms with E-state index in [1.807, 2.05) is 0 Å². The summed E-state index contributed by atoms with van der Waals surface area (Å²) in [7, 11) is 0. The minimum absolute atomic E-state index is 0.103. The van der Waals surface area contributed by atoms with E-state index < -0.39 is 11.7 Å². The van der Waals surface area contributed by atoms with Crippen LogP contribution in [0.2, 0.25) is 0 Å². The normalized spacial score (nSPS) is 26.5. The largest absolute Gasteiger partial charge is 0.466 e. The number of rotatable bonds is 9. The molecule has 0 spiro atoms. The van der Waals surface area contributed by atoms with Crippen molar-refractivity contribution in [3.05, 3.63) is 35.4 Å². The van der Waals surface area contributed by atoms with Crippen molar-refractivity contribution in [3.8, 4) is 0 Å². The van der Waals surface area contributed by atoms with Gasteiger partial charge in [-0.2, -0.15) is 13.2 Å². The number of benzene rings is 1. The van der Waals surface area contributed by atoms with Crippen LogP contribution >= 0.6 is 0 Å². The first-order chi connectivity index (χ1) is 16.8. The van der Waals surface area contributed by atoms with E-state index in [1.165, 1.54) is 51.4 Å². The Morgan fingerprint density at radius 1 is 0.943 bits per heavy atom. The topological polar surface area (TPSA) is 38.8 Å². The van der Waals surface area contributed by atoms with Crippen molar-refractivity contribution < 1.29 is 27.4 Å². The highest BCUT2D eigenvalue weighted by Crippen LogP contribution is 2.40. The maximum absolute atomic E-state index is 13.2. The second-order valence-electron chi connectivity index (χ2n) is 10.7. The number of hydrogen-bond donors (Lipinski definition) is 0. The lowest BCUT2D eigenvalue weighted by atomic mass is 9.89. The molecule has 0 amide bonds. The summed E-state index contributed by atoms with van der Waals surface area (Å²) >= 11 is 0. The lowest BCUT2D eigenvalue weighted by Crippen LogP contribution is -2.48. The number of esters is 1. The van der Waals surface area contributed by atoms with E-state index in [-0.39, 0.29) is 30.6 Å². The molecule has 4 rings (SSSR count). The lowest BCUT2D eigenvalue weighted by Gasteiger charge is -2.44. The van der Waals surface area contributed by atoms with Gasteiger partial charge < -0.3 is 9.47 Å². The lowest BCUT2D eigenvalue weighted by molar-refractivity contribution is -0.153. The number of halogens is 3. The summed E-state index contributed by atoms with van der Waals surface area (Å²) in [6.45, 7) is 4.17. The van der Waals surface area contributed by atoms with Crippen LogP contribution in [0.4, 0.5) is 13.2 Å². The molecule has 1 aliphatic heterocycles. The number of nitrogens with zero attached hydrogens (tertiary/aromatic N) is 1. The van der Waals surface area contributed by atoms with E-state index in [0.29, 0.717) is 18.4 Å². The molecule has 1 heterocycles. The second-order valence-corrected chi connectivity index (χ2v) is 10.7. The second kappa shape index (κ2) is 12.1. The third kappa shape index (κ3) is 7.22. The van der Waals surface area contributed by atoms with E-state index in [0.717, 1.165) is 43.6 Å². The molecule has 0 unspecified atom stereocenters. The Morgan fingerprint density at radius 2 is 1.51 bits per heavy atom. The molecule has 196 valence electrons. The molecule has 3 fully saturated rings. The zero-order valence-electron chi connectivity index (χ0n) is 20.9. The number of carbonyl (C=O) groups excluding carboxylic acids is 1. The first-order valence-corrected chi connectivity index (χ1v) is 13.6. The van der Waals surface area contributed by atoms with E-state index >= 15 is 0 Å². The van der Waals surface area contributed by atoms with Gasteiger partial charge in [0.25, 0.3) is 0 Å². The van der Waals surface area contributed by atoms with E-state index in [4.69, 9.17) is 9.47 Å². The molecule has 2 aliphatic carbocycles. The van der Waals surface area contributed by atoms with Gasteiger partial charge in [0.1, 0.15) is 0 Å². The van der Waals surface area contributed by atoms with Crippen LogP contribution in [-0.4, -0.2) is 42.7 Å². The first kappa shape index (κ1) is 26.5. The molecule has 1 saturated heterocycles. The molecule has 2 saturated carbocycles. The quantitative estimate of drug-likeness (QED) is 0.348. The van der Waals surface area contributed by atoms with Crippen LogP contribution in [0.3, 0.4) is 0 Å². The van der Waals surface area contributed by atoms with E-state index in [2.05, 4.69) is 4.90 Å². The molecular weight excluding hydrogens is 455 g/mol. The molecule has 3 aliphatic rings. The minimum Gasteiger partial charge on any atom is -0.466 e. The van der Waals surface area contributed by atoms with Gasteiger partial charge in [-0.15, -0.1) is 0 Å². The van der Waals surface area contributed by atoms with Crippen LogP contribution in [0.5, 0.6) is 0 Å². The maximum Gasteiger partial charge on any atom is 0.416 e. The number of ether oxygens (including phenoxy) is 2. The molecule has 0 radical (unpaired) electrons. The van der Waals surface area contributed by atoms with Crippen LogP contribution in [0.25, 0.3) is 0 Å². The number of carbonyl (C=O) groups is 1. The van der Waals surface area contributed by atoms with Crippen molar-refractivity contribution in [2.75, 3.05) is 19.7 Å². The van der Waals surface area contributed by atoms with E-state index in [9.17, 15) is 18.0 Å². The standard InChI is InChI=1S/C28H40F3NO3/c1-2-34-26(33)17-24-15-16-25(27(35-24)22-11-13-23(14-12-22)28(29,30)31)32(18-20-7-3-4-8-20)19-21-9-5-6-10-21/h11-14,20-21,24-25,27H,2-10,15-19H2,1H3/t24-,25-,27+/m1/s1. The number of alkyl halides is 3. The molecule has 3 atom stereocenters. The van der Waals surface area contributed by atoms with Gasteiger partial charge in [0.2, 0.25) is 0 Å². The fourth-order valence-electron chi connectivity index (χ4n) is 6.36. The third-order valence-corrected chi connectivity index (χ3v) is 8.14. The molecule has 0 aromatic heterocycles. The summed E-state index contributed by atoms with van der Waals surface area (Å²) in [5, 5.41) is 0. The summed E-state index contributed by atoms with van der Waals surface area (Å²) < 4.78 is 51.3. The Kier molecular flexibility index (Phi) is 9.14. The van der Waals surface area contributed by atoms with Crippen molar-refractivity contribution in [2.45, 2.75) is 102 Å². The summed E-state index contributed by atoms with van der Waals surface area (Å²) in [5.74, 6) is 1.08. The summed E-state index contributed by atoms with van der Waals surface area (Å²) in [6, 6.07) is 5.55. The van der Waals surface area contributed by atoms with Crippen LogP contribution < -0.4 is 0 Å². The molecule has 7 heteroatoms. The SMILES string of the molecule is CCOC(=O)C[C@H]1CC[C@@H](N(CC2CCCC2)CC2CCCC2)[C@H](c2ccc(C(F)(F)F)cc2)O1. The molecule has 0 bridgehead atoms. The molecule has 35 heavy (non-hydrogen) atoms. The third-order valence-electron chi connectivity index (χ3n) is 8.14. The van der Waals surface area contributed by atoms with Crippen LogP contribution in [-0.2, 0) is 20.4 Å². The van der Waals surface area contributed by atoms with Gasteiger partial charge in [-0.3, -0.25) is 9.69 Å². The van der Waals surface area contributed by atoms with Gasteiger partial charge in [-0.05, 0) is 75.0 Å². The molecule has 4 nitrogen and oxygen atoms in total. The predicted octanol–water partition coefficient (Wildman–Crippen LogP) is 6.93. The molecule has 1 aromatic rings. The first-order valence-electron chi connectivity index (χ1n) is 13.6. The predicted molar refractivity (Wildman–Crippen MR) is 129 cm³/mol. The smallest absolute Gasteiger partial charge is 0.416 e. The summed E-state index contributed by atoms with van der Waals surface area (Å²) in [6.07, 6.45) is 6.97. The average molecular weight is 496 g/mol. The highest BCUT2D eigenvalue weighted by Gasteiger charge is 2.39. The zero-order valence-corrected chi connectivity index (χ0v) is 20.9. The van der Waals surface area contributed by atoms with Crippen molar-refractivity contribution in [3.63, 3.8) is 0 Å². The molecule has 1 aromatic carbocycles. The fourth-order valence-corrected chi connectivity index (χ4v) is 6.36. The van der Waals surface area contributed by atoms with Gasteiger partial charge in [0.05, 0.1) is 30.8 Å². The Bertz CT molecular complexity index is 783. The molecular formula is C28H40F3NO3. The van der Waals surface area contributed by atoms with E-state index in [1.54, 1.807) is 19.1 Å².